The SMILES string of the molecule is C=CCCOC(C)C(=O)N1CC(CN)CC1C. The molecule has 2 N–H and O–H groups in total. The summed E-state index contributed by atoms with van der Waals surface area (Å²) in [5.41, 5.74) is 5.65. The van der Waals surface area contributed by atoms with Gasteiger partial charge in [-0.2, -0.15) is 0 Å². The number of nitrogens with zero attached hydrogens (tertiary/aromatic N) is 1. The van der Waals surface area contributed by atoms with Crippen LogP contribution in [0, 0.1) is 5.92 Å². The van der Waals surface area contributed by atoms with Gasteiger partial charge >= 0.3 is 0 Å². The highest BCUT2D eigenvalue weighted by Crippen LogP contribution is 2.23. The van der Waals surface area contributed by atoms with E-state index in [0.29, 0.717) is 19.1 Å². The zero-order valence-electron chi connectivity index (χ0n) is 10.9. The van der Waals surface area contributed by atoms with Gasteiger partial charge in [0.25, 0.3) is 5.91 Å². The van der Waals surface area contributed by atoms with Crippen LogP contribution >= 0.6 is 0 Å². The Morgan fingerprint density at radius 1 is 1.71 bits per heavy atom. The number of hydrogen-bond donors (Lipinski definition) is 1. The second-order valence-corrected chi connectivity index (χ2v) is 4.77. The van der Waals surface area contributed by atoms with Crippen molar-refractivity contribution in [2.75, 3.05) is 19.7 Å². The molecule has 1 fully saturated rings. The molecule has 0 aromatic rings. The van der Waals surface area contributed by atoms with Gasteiger partial charge in [-0.15, -0.1) is 6.58 Å². The molecule has 98 valence electrons. The Bertz CT molecular complexity index is 268. The minimum absolute atomic E-state index is 0.0810. The molecule has 1 rings (SSSR count). The summed E-state index contributed by atoms with van der Waals surface area (Å²) in [6.45, 7) is 9.49. The number of hydrogen-bond acceptors (Lipinski definition) is 3. The van der Waals surface area contributed by atoms with Crippen molar-refractivity contribution in [1.82, 2.24) is 4.90 Å². The Kier molecular flexibility index (Phi) is 5.65. The third kappa shape index (κ3) is 3.82. The second kappa shape index (κ2) is 6.77. The average molecular weight is 240 g/mol. The highest BCUT2D eigenvalue weighted by molar-refractivity contribution is 5.81. The molecule has 3 atom stereocenters. The van der Waals surface area contributed by atoms with Crippen LogP contribution in [0.15, 0.2) is 12.7 Å². The third-order valence-electron chi connectivity index (χ3n) is 3.32. The molecule has 0 spiro atoms. The van der Waals surface area contributed by atoms with Gasteiger partial charge in [0, 0.05) is 12.6 Å². The van der Waals surface area contributed by atoms with E-state index in [2.05, 4.69) is 13.5 Å². The molecule has 1 saturated heterocycles. The molecular formula is C13H24N2O2. The Morgan fingerprint density at radius 3 is 2.94 bits per heavy atom. The van der Waals surface area contributed by atoms with E-state index in [0.717, 1.165) is 19.4 Å². The molecule has 1 aliphatic heterocycles. The Balaban J connectivity index is 2.43. The summed E-state index contributed by atoms with van der Waals surface area (Å²) in [5.74, 6) is 0.520. The van der Waals surface area contributed by atoms with E-state index in [1.54, 1.807) is 6.08 Å². The van der Waals surface area contributed by atoms with E-state index in [4.69, 9.17) is 10.5 Å². The smallest absolute Gasteiger partial charge is 0.251 e. The van der Waals surface area contributed by atoms with E-state index in [1.807, 2.05) is 11.8 Å². The van der Waals surface area contributed by atoms with Crippen molar-refractivity contribution >= 4 is 5.91 Å². The monoisotopic (exact) mass is 240 g/mol. The summed E-state index contributed by atoms with van der Waals surface area (Å²) >= 11 is 0. The average Bonchev–Trinajstić information content (AvgIpc) is 2.69. The van der Waals surface area contributed by atoms with Crippen molar-refractivity contribution in [3.8, 4) is 0 Å². The number of amides is 1. The largest absolute Gasteiger partial charge is 0.368 e. The van der Waals surface area contributed by atoms with Crippen molar-refractivity contribution in [3.63, 3.8) is 0 Å². The van der Waals surface area contributed by atoms with Crippen LogP contribution in [-0.2, 0) is 9.53 Å². The lowest BCUT2D eigenvalue weighted by Crippen LogP contribution is -2.41. The number of ether oxygens (including phenoxy) is 1. The van der Waals surface area contributed by atoms with Crippen molar-refractivity contribution in [1.29, 1.82) is 0 Å². The highest BCUT2D eigenvalue weighted by atomic mass is 16.5. The van der Waals surface area contributed by atoms with Crippen molar-refractivity contribution in [2.45, 2.75) is 38.8 Å². The van der Waals surface area contributed by atoms with Gasteiger partial charge in [0.05, 0.1) is 6.61 Å². The fourth-order valence-electron chi connectivity index (χ4n) is 2.25. The summed E-state index contributed by atoms with van der Waals surface area (Å²) in [6.07, 6.45) is 3.20. The van der Waals surface area contributed by atoms with Gasteiger partial charge in [-0.05, 0) is 39.2 Å². The minimum atomic E-state index is -0.367. The van der Waals surface area contributed by atoms with Gasteiger partial charge < -0.3 is 15.4 Å². The zero-order chi connectivity index (χ0) is 12.8. The Labute approximate surface area is 104 Å². The van der Waals surface area contributed by atoms with Crippen LogP contribution in [0.3, 0.4) is 0 Å². The summed E-state index contributed by atoms with van der Waals surface area (Å²) < 4.78 is 5.48. The van der Waals surface area contributed by atoms with E-state index >= 15 is 0 Å². The van der Waals surface area contributed by atoms with Crippen LogP contribution in [-0.4, -0.2) is 42.6 Å². The zero-order valence-corrected chi connectivity index (χ0v) is 10.9. The van der Waals surface area contributed by atoms with E-state index in [9.17, 15) is 4.79 Å². The number of likely N-dealkylation sites (tertiary alicyclic amines) is 1. The van der Waals surface area contributed by atoms with Crippen LogP contribution in [0.1, 0.15) is 26.7 Å². The van der Waals surface area contributed by atoms with Gasteiger partial charge in [0.2, 0.25) is 0 Å². The lowest BCUT2D eigenvalue weighted by molar-refractivity contribution is -0.143. The van der Waals surface area contributed by atoms with Crippen LogP contribution in [0.25, 0.3) is 0 Å². The quantitative estimate of drug-likeness (QED) is 0.560. The fraction of sp³-hybridized carbons (Fsp3) is 0.769. The standard InChI is InChI=1S/C13H24N2O2/c1-4-5-6-17-11(3)13(16)15-9-12(8-14)7-10(15)2/h4,10-12H,1,5-9,14H2,2-3H3. The van der Waals surface area contributed by atoms with E-state index in [1.165, 1.54) is 0 Å². The summed E-state index contributed by atoms with van der Waals surface area (Å²) in [6, 6.07) is 0.279. The van der Waals surface area contributed by atoms with Gasteiger partial charge in [-0.3, -0.25) is 4.79 Å². The molecule has 0 radical (unpaired) electrons. The van der Waals surface area contributed by atoms with Crippen molar-refractivity contribution < 1.29 is 9.53 Å². The molecule has 17 heavy (non-hydrogen) atoms. The molecule has 1 amide bonds. The number of rotatable bonds is 6. The van der Waals surface area contributed by atoms with Gasteiger partial charge in [-0.25, -0.2) is 0 Å². The molecule has 0 saturated carbocycles. The fourth-order valence-corrected chi connectivity index (χ4v) is 2.25. The van der Waals surface area contributed by atoms with Crippen LogP contribution < -0.4 is 5.73 Å². The van der Waals surface area contributed by atoms with Gasteiger partial charge in [0.15, 0.2) is 0 Å². The molecule has 4 nitrogen and oxygen atoms in total. The molecule has 1 heterocycles. The molecule has 0 aromatic carbocycles. The third-order valence-corrected chi connectivity index (χ3v) is 3.32. The maximum atomic E-state index is 12.1. The first kappa shape index (κ1) is 14.2. The molecule has 4 heteroatoms. The molecule has 0 aliphatic carbocycles. The normalized spacial score (nSPS) is 25.9. The number of carbonyl (C=O) groups excluding carboxylic acids is 1. The van der Waals surface area contributed by atoms with Gasteiger partial charge in [0.1, 0.15) is 6.10 Å². The first-order valence-corrected chi connectivity index (χ1v) is 6.33. The van der Waals surface area contributed by atoms with Crippen LogP contribution in [0.4, 0.5) is 0 Å². The predicted octanol–water partition coefficient (Wildman–Crippen LogP) is 1.16. The minimum Gasteiger partial charge on any atom is -0.368 e. The number of nitrogens with two attached hydrogens (primary N) is 1. The Morgan fingerprint density at radius 2 is 2.41 bits per heavy atom. The lowest BCUT2D eigenvalue weighted by Gasteiger charge is -2.25. The molecule has 0 bridgehead atoms. The maximum Gasteiger partial charge on any atom is 0.251 e. The van der Waals surface area contributed by atoms with Crippen LogP contribution in [0.5, 0.6) is 0 Å². The topological polar surface area (TPSA) is 55.6 Å². The summed E-state index contributed by atoms with van der Waals surface area (Å²) in [4.78, 5) is 14.0. The predicted molar refractivity (Wildman–Crippen MR) is 68.6 cm³/mol. The van der Waals surface area contributed by atoms with Crippen molar-refractivity contribution in [2.24, 2.45) is 11.7 Å². The lowest BCUT2D eigenvalue weighted by atomic mass is 10.1. The number of carbonyl (C=O) groups is 1. The summed E-state index contributed by atoms with van der Waals surface area (Å²) in [5, 5.41) is 0. The highest BCUT2D eigenvalue weighted by Gasteiger charge is 2.33. The van der Waals surface area contributed by atoms with E-state index in [-0.39, 0.29) is 18.1 Å². The summed E-state index contributed by atoms with van der Waals surface area (Å²) in [7, 11) is 0. The van der Waals surface area contributed by atoms with Crippen molar-refractivity contribution in [3.05, 3.63) is 12.7 Å². The Hall–Kier alpha value is -0.870. The first-order valence-electron chi connectivity index (χ1n) is 6.33. The van der Waals surface area contributed by atoms with Crippen LogP contribution in [0.2, 0.25) is 0 Å². The molecule has 3 unspecified atom stereocenters. The van der Waals surface area contributed by atoms with Gasteiger partial charge in [-0.1, -0.05) is 6.08 Å². The molecular weight excluding hydrogens is 216 g/mol. The molecule has 1 aliphatic rings. The second-order valence-electron chi connectivity index (χ2n) is 4.77. The first-order chi connectivity index (χ1) is 8.10. The maximum absolute atomic E-state index is 12.1. The molecule has 0 aromatic heterocycles. The van der Waals surface area contributed by atoms with E-state index < -0.39 is 0 Å².